The van der Waals surface area contributed by atoms with Gasteiger partial charge >= 0.3 is 5.97 Å². The molecule has 2 atom stereocenters. The first kappa shape index (κ1) is 12.7. The van der Waals surface area contributed by atoms with Gasteiger partial charge < -0.3 is 14.9 Å². The van der Waals surface area contributed by atoms with Crippen LogP contribution in [-0.4, -0.2) is 29.5 Å². The number of rotatable bonds is 4. The van der Waals surface area contributed by atoms with Crippen molar-refractivity contribution in [3.05, 3.63) is 28.8 Å². The number of halogens is 2. The largest absolute Gasteiger partial charge is 0.496 e. The van der Waals surface area contributed by atoms with E-state index in [9.17, 15) is 14.3 Å². The van der Waals surface area contributed by atoms with E-state index in [4.69, 9.17) is 21.4 Å². The maximum absolute atomic E-state index is 13.1. The normalized spacial score (nSPS) is 14.2. The van der Waals surface area contributed by atoms with Crippen LogP contribution in [0, 0.1) is 0 Å². The van der Waals surface area contributed by atoms with Gasteiger partial charge in [0, 0.05) is 5.56 Å². The Hall–Kier alpha value is -1.33. The Bertz CT molecular complexity index is 396. The Kier molecular flexibility index (Phi) is 4.09. The van der Waals surface area contributed by atoms with Gasteiger partial charge in [0.2, 0.25) is 6.17 Å². The Labute approximate surface area is 96.2 Å². The number of alkyl halides is 1. The molecule has 6 heteroatoms. The topological polar surface area (TPSA) is 66.8 Å². The Balaban J connectivity index is 3.16. The van der Waals surface area contributed by atoms with Crippen LogP contribution in [0.15, 0.2) is 18.2 Å². The predicted molar refractivity (Wildman–Crippen MR) is 55.5 cm³/mol. The molecule has 1 rings (SSSR count). The fourth-order valence-electron chi connectivity index (χ4n) is 1.26. The first-order valence-corrected chi connectivity index (χ1v) is 4.74. The van der Waals surface area contributed by atoms with Crippen LogP contribution in [0.25, 0.3) is 0 Å². The number of benzene rings is 1. The van der Waals surface area contributed by atoms with Crippen molar-refractivity contribution >= 4 is 17.6 Å². The van der Waals surface area contributed by atoms with Gasteiger partial charge in [-0.15, -0.1) is 0 Å². The van der Waals surface area contributed by atoms with Gasteiger partial charge in [0.25, 0.3) is 0 Å². The first-order valence-electron chi connectivity index (χ1n) is 4.36. The smallest absolute Gasteiger partial charge is 0.341 e. The highest BCUT2D eigenvalue weighted by molar-refractivity contribution is 6.31. The first-order chi connectivity index (χ1) is 7.49. The number of hydrogen-bond acceptors (Lipinski definition) is 3. The highest BCUT2D eigenvalue weighted by atomic mass is 35.5. The fraction of sp³-hybridized carbons (Fsp3) is 0.300. The second-order valence-electron chi connectivity index (χ2n) is 3.04. The fourth-order valence-corrected chi connectivity index (χ4v) is 1.54. The molecule has 0 aliphatic carbocycles. The third-order valence-electron chi connectivity index (χ3n) is 2.04. The molecule has 0 radical (unpaired) electrons. The number of ether oxygens (including phenoxy) is 1. The molecule has 0 saturated carbocycles. The van der Waals surface area contributed by atoms with Crippen molar-refractivity contribution < 1.29 is 24.1 Å². The Morgan fingerprint density at radius 1 is 1.56 bits per heavy atom. The summed E-state index contributed by atoms with van der Waals surface area (Å²) in [7, 11) is 1.32. The summed E-state index contributed by atoms with van der Waals surface area (Å²) in [5.41, 5.74) is -0.0680. The van der Waals surface area contributed by atoms with Gasteiger partial charge in [0.05, 0.1) is 12.1 Å². The van der Waals surface area contributed by atoms with E-state index >= 15 is 0 Å². The Morgan fingerprint density at radius 3 is 2.69 bits per heavy atom. The second kappa shape index (κ2) is 5.14. The summed E-state index contributed by atoms with van der Waals surface area (Å²) in [4.78, 5) is 10.4. The maximum atomic E-state index is 13.1. The van der Waals surface area contributed by atoms with Gasteiger partial charge in [-0.25, -0.2) is 9.18 Å². The van der Waals surface area contributed by atoms with Crippen molar-refractivity contribution in [3.8, 4) is 5.75 Å². The lowest BCUT2D eigenvalue weighted by Crippen LogP contribution is -2.23. The minimum Gasteiger partial charge on any atom is -0.496 e. The molecule has 1 aromatic rings. The van der Waals surface area contributed by atoms with Crippen molar-refractivity contribution in [2.75, 3.05) is 7.11 Å². The zero-order valence-electron chi connectivity index (χ0n) is 8.35. The van der Waals surface area contributed by atoms with Crippen LogP contribution in [0.1, 0.15) is 11.7 Å². The summed E-state index contributed by atoms with van der Waals surface area (Å²) in [6.45, 7) is 0. The molecule has 2 N–H and O–H groups in total. The summed E-state index contributed by atoms with van der Waals surface area (Å²) in [6.07, 6.45) is -4.31. The van der Waals surface area contributed by atoms with E-state index < -0.39 is 18.2 Å². The van der Waals surface area contributed by atoms with Crippen LogP contribution < -0.4 is 4.74 Å². The highest BCUT2D eigenvalue weighted by Crippen LogP contribution is 2.34. The molecule has 0 fully saturated rings. The average molecular weight is 249 g/mol. The SMILES string of the molecule is COc1cccc(Cl)c1C(O)C(F)C(=O)O. The molecule has 0 aliphatic rings. The molecule has 0 amide bonds. The van der Waals surface area contributed by atoms with E-state index in [1.54, 1.807) is 6.07 Å². The number of aliphatic hydroxyl groups excluding tert-OH is 1. The molecule has 4 nitrogen and oxygen atoms in total. The zero-order valence-corrected chi connectivity index (χ0v) is 9.11. The van der Waals surface area contributed by atoms with Gasteiger partial charge in [-0.05, 0) is 12.1 Å². The van der Waals surface area contributed by atoms with Crippen LogP contribution >= 0.6 is 11.6 Å². The summed E-state index contributed by atoms with van der Waals surface area (Å²) < 4.78 is 18.0. The molecule has 2 unspecified atom stereocenters. The molecule has 0 bridgehead atoms. The summed E-state index contributed by atoms with van der Waals surface area (Å²) in [6, 6.07) is 4.42. The number of carboxylic acid groups (broad SMARTS) is 1. The van der Waals surface area contributed by atoms with Crippen LogP contribution in [-0.2, 0) is 4.79 Å². The van der Waals surface area contributed by atoms with Gasteiger partial charge in [-0.1, -0.05) is 17.7 Å². The molecule has 0 aliphatic heterocycles. The second-order valence-corrected chi connectivity index (χ2v) is 3.45. The summed E-state index contributed by atoms with van der Waals surface area (Å²) in [5.74, 6) is -1.61. The molecular weight excluding hydrogens is 239 g/mol. The van der Waals surface area contributed by atoms with Crippen LogP contribution in [0.3, 0.4) is 0 Å². The van der Waals surface area contributed by atoms with Crippen molar-refractivity contribution in [1.82, 2.24) is 0 Å². The molecule has 0 heterocycles. The molecule has 0 spiro atoms. The molecular formula is C10H10ClFO4. The van der Waals surface area contributed by atoms with Gasteiger partial charge in [0.15, 0.2) is 0 Å². The summed E-state index contributed by atoms with van der Waals surface area (Å²) >= 11 is 5.75. The minimum absolute atomic E-state index is 0.0516. The summed E-state index contributed by atoms with van der Waals surface area (Å²) in [5, 5.41) is 18.0. The van der Waals surface area contributed by atoms with E-state index in [0.717, 1.165) is 0 Å². The van der Waals surface area contributed by atoms with E-state index in [1.807, 2.05) is 0 Å². The van der Waals surface area contributed by atoms with Crippen LogP contribution in [0.4, 0.5) is 4.39 Å². The standard InChI is InChI=1S/C10H10ClFO4/c1-16-6-4-2-3-5(11)7(6)9(13)8(12)10(14)15/h2-4,8-9,13H,1H3,(H,14,15). The number of carbonyl (C=O) groups is 1. The third kappa shape index (κ3) is 2.43. The number of aliphatic hydroxyl groups is 1. The number of methoxy groups -OCH3 is 1. The van der Waals surface area contributed by atoms with Crippen LogP contribution in [0.2, 0.25) is 5.02 Å². The molecule has 88 valence electrons. The quantitative estimate of drug-likeness (QED) is 0.853. The number of hydrogen-bond donors (Lipinski definition) is 2. The van der Waals surface area contributed by atoms with Crippen molar-refractivity contribution in [1.29, 1.82) is 0 Å². The van der Waals surface area contributed by atoms with Gasteiger partial charge in [0.1, 0.15) is 11.9 Å². The maximum Gasteiger partial charge on any atom is 0.341 e. The van der Waals surface area contributed by atoms with E-state index in [2.05, 4.69) is 0 Å². The van der Waals surface area contributed by atoms with Crippen molar-refractivity contribution in [3.63, 3.8) is 0 Å². The highest BCUT2D eigenvalue weighted by Gasteiger charge is 2.31. The predicted octanol–water partition coefficient (Wildman–Crippen LogP) is 1.80. The molecule has 1 aromatic carbocycles. The van der Waals surface area contributed by atoms with Crippen molar-refractivity contribution in [2.45, 2.75) is 12.3 Å². The molecule has 0 saturated heterocycles. The van der Waals surface area contributed by atoms with Gasteiger partial charge in [-0.3, -0.25) is 0 Å². The average Bonchev–Trinajstić information content (AvgIpc) is 2.26. The number of aliphatic carboxylic acids is 1. The van der Waals surface area contributed by atoms with Crippen LogP contribution in [0.5, 0.6) is 5.75 Å². The van der Waals surface area contributed by atoms with E-state index in [0.29, 0.717) is 0 Å². The lowest BCUT2D eigenvalue weighted by Gasteiger charge is -2.17. The Morgan fingerprint density at radius 2 is 2.19 bits per heavy atom. The molecule has 16 heavy (non-hydrogen) atoms. The zero-order chi connectivity index (χ0) is 12.3. The van der Waals surface area contributed by atoms with Crippen molar-refractivity contribution in [2.24, 2.45) is 0 Å². The van der Waals surface area contributed by atoms with E-state index in [1.165, 1.54) is 19.2 Å². The van der Waals surface area contributed by atoms with E-state index in [-0.39, 0.29) is 16.3 Å². The monoisotopic (exact) mass is 248 g/mol. The molecule has 0 aromatic heterocycles. The lowest BCUT2D eigenvalue weighted by atomic mass is 10.0. The minimum atomic E-state index is -2.45. The number of carboxylic acids is 1. The lowest BCUT2D eigenvalue weighted by molar-refractivity contribution is -0.147. The van der Waals surface area contributed by atoms with Gasteiger partial charge in [-0.2, -0.15) is 0 Å². The third-order valence-corrected chi connectivity index (χ3v) is 2.37.